The van der Waals surface area contributed by atoms with Crippen LogP contribution in [0.1, 0.15) is 57.2 Å². The van der Waals surface area contributed by atoms with Crippen molar-refractivity contribution >= 4 is 62.2 Å². The van der Waals surface area contributed by atoms with Crippen LogP contribution in [-0.2, 0) is 26.3 Å². The third kappa shape index (κ3) is 7.82. The van der Waals surface area contributed by atoms with E-state index in [0.29, 0.717) is 46.9 Å². The fourth-order valence-corrected chi connectivity index (χ4v) is 5.54. The summed E-state index contributed by atoms with van der Waals surface area (Å²) >= 11 is 10.3. The predicted molar refractivity (Wildman–Crippen MR) is 156 cm³/mol. The first-order chi connectivity index (χ1) is 17.5. The number of hydrogen-bond acceptors (Lipinski definition) is 7. The van der Waals surface area contributed by atoms with E-state index in [-0.39, 0.29) is 23.7 Å². The summed E-state index contributed by atoms with van der Waals surface area (Å²) in [6, 6.07) is 12.2. The molecule has 0 atom stereocenters. The molecule has 1 aliphatic rings. The van der Waals surface area contributed by atoms with Gasteiger partial charge in [-0.1, -0.05) is 69.0 Å². The van der Waals surface area contributed by atoms with Gasteiger partial charge in [-0.3, -0.25) is 14.5 Å². The molecule has 0 bridgehead atoms. The molecule has 9 heteroatoms. The zero-order valence-electron chi connectivity index (χ0n) is 21.8. The lowest BCUT2D eigenvalue weighted by molar-refractivity contribution is -0.141. The second-order valence-corrected chi connectivity index (χ2v) is 12.0. The van der Waals surface area contributed by atoms with Crippen molar-refractivity contribution in [2.45, 2.75) is 52.6 Å². The second-order valence-electron chi connectivity index (χ2n) is 9.51. The van der Waals surface area contributed by atoms with Crippen LogP contribution in [-0.4, -0.2) is 41.4 Å². The van der Waals surface area contributed by atoms with E-state index in [2.05, 4.69) is 65.7 Å². The van der Waals surface area contributed by atoms with Gasteiger partial charge in [-0.25, -0.2) is 0 Å². The average molecular weight is 607 g/mol. The van der Waals surface area contributed by atoms with Gasteiger partial charge >= 0.3 is 5.97 Å². The Morgan fingerprint density at radius 2 is 1.86 bits per heavy atom. The monoisotopic (exact) mass is 605 g/mol. The summed E-state index contributed by atoms with van der Waals surface area (Å²) in [7, 11) is 1.35. The average Bonchev–Trinajstić information content (AvgIpc) is 3.10. The number of carbonyl (C=O) groups excluding carboxylic acids is 2. The molecule has 0 aromatic heterocycles. The number of rotatable bonds is 10. The van der Waals surface area contributed by atoms with E-state index in [0.717, 1.165) is 15.6 Å². The van der Waals surface area contributed by atoms with Crippen LogP contribution in [0.4, 0.5) is 0 Å². The molecule has 37 heavy (non-hydrogen) atoms. The van der Waals surface area contributed by atoms with Crippen molar-refractivity contribution in [2.24, 2.45) is 0 Å². The van der Waals surface area contributed by atoms with Crippen molar-refractivity contribution in [3.63, 3.8) is 0 Å². The third-order valence-electron chi connectivity index (χ3n) is 5.70. The van der Waals surface area contributed by atoms with Crippen LogP contribution in [0.2, 0.25) is 0 Å². The van der Waals surface area contributed by atoms with Gasteiger partial charge in [-0.05, 0) is 69.6 Å². The van der Waals surface area contributed by atoms with Crippen molar-refractivity contribution in [2.75, 3.05) is 20.3 Å². The van der Waals surface area contributed by atoms with Gasteiger partial charge in [0.1, 0.15) is 10.9 Å². The van der Waals surface area contributed by atoms with Crippen molar-refractivity contribution in [1.82, 2.24) is 4.90 Å². The van der Waals surface area contributed by atoms with Gasteiger partial charge < -0.3 is 14.2 Å². The summed E-state index contributed by atoms with van der Waals surface area (Å²) in [4.78, 5) is 26.4. The molecule has 1 heterocycles. The molecule has 0 N–H and O–H groups in total. The summed E-state index contributed by atoms with van der Waals surface area (Å²) in [5.41, 5.74) is 3.21. The first-order valence-corrected chi connectivity index (χ1v) is 14.1. The molecule has 0 radical (unpaired) electrons. The van der Waals surface area contributed by atoms with Crippen LogP contribution in [0.25, 0.3) is 6.08 Å². The zero-order valence-corrected chi connectivity index (χ0v) is 25.0. The highest BCUT2D eigenvalue weighted by atomic mass is 79.9. The number of amides is 1. The highest BCUT2D eigenvalue weighted by Crippen LogP contribution is 2.40. The van der Waals surface area contributed by atoms with E-state index in [1.165, 1.54) is 29.3 Å². The van der Waals surface area contributed by atoms with E-state index in [9.17, 15) is 9.59 Å². The molecule has 0 unspecified atom stereocenters. The van der Waals surface area contributed by atoms with Gasteiger partial charge in [0.05, 0.1) is 23.1 Å². The number of hydrogen-bond donors (Lipinski definition) is 0. The fourth-order valence-electron chi connectivity index (χ4n) is 3.66. The van der Waals surface area contributed by atoms with E-state index >= 15 is 0 Å². The van der Waals surface area contributed by atoms with Crippen molar-refractivity contribution in [3.05, 3.63) is 62.5 Å². The number of nitrogens with zero attached hydrogens (tertiary/aromatic N) is 1. The number of thiocarbonyl (C=S) groups is 1. The van der Waals surface area contributed by atoms with Gasteiger partial charge in [0.2, 0.25) is 0 Å². The molecular weight excluding hydrogens is 574 g/mol. The zero-order chi connectivity index (χ0) is 27.2. The summed E-state index contributed by atoms with van der Waals surface area (Å²) in [6.07, 6.45) is 2.51. The third-order valence-corrected chi connectivity index (χ3v) is 7.66. The molecule has 0 saturated carbocycles. The minimum absolute atomic E-state index is 0.0949. The Labute approximate surface area is 236 Å². The van der Waals surface area contributed by atoms with Crippen LogP contribution in [0.3, 0.4) is 0 Å². The van der Waals surface area contributed by atoms with Crippen molar-refractivity contribution in [3.8, 4) is 11.5 Å². The van der Waals surface area contributed by atoms with E-state index in [1.54, 1.807) is 6.08 Å². The van der Waals surface area contributed by atoms with Crippen LogP contribution >= 0.6 is 39.9 Å². The number of carbonyl (C=O) groups is 2. The maximum absolute atomic E-state index is 12.9. The molecule has 1 saturated heterocycles. The Hall–Kier alpha value is -2.36. The highest BCUT2D eigenvalue weighted by Gasteiger charge is 2.31. The summed E-state index contributed by atoms with van der Waals surface area (Å²) < 4.78 is 17.9. The Balaban J connectivity index is 1.75. The quantitative estimate of drug-likeness (QED) is 0.166. The predicted octanol–water partition coefficient (Wildman–Crippen LogP) is 6.88. The van der Waals surface area contributed by atoms with Crippen molar-refractivity contribution in [1.29, 1.82) is 0 Å². The normalized spacial score (nSPS) is 14.9. The Morgan fingerprint density at radius 1 is 1.16 bits per heavy atom. The van der Waals surface area contributed by atoms with E-state index in [1.807, 2.05) is 19.1 Å². The molecule has 0 aliphatic carbocycles. The number of thioether (sulfide) groups is 1. The smallest absolute Gasteiger partial charge is 0.305 e. The van der Waals surface area contributed by atoms with Crippen LogP contribution in [0, 0.1) is 0 Å². The molecule has 198 valence electrons. The molecule has 1 amide bonds. The van der Waals surface area contributed by atoms with E-state index < -0.39 is 0 Å². The molecule has 1 fully saturated rings. The first-order valence-electron chi connectivity index (χ1n) is 12.0. The SMILES string of the molecule is CCOc1cc(/C=C2/SC(=S)N(CCCC(=O)OC)C2=O)cc(Br)c1OCc1ccc(C(C)(C)C)cc1. The van der Waals surface area contributed by atoms with Gasteiger partial charge in [-0.15, -0.1) is 0 Å². The lowest BCUT2D eigenvalue weighted by Crippen LogP contribution is -2.29. The maximum atomic E-state index is 12.9. The molecular formula is C28H32BrNO5S2. The number of benzene rings is 2. The molecule has 1 aliphatic heterocycles. The van der Waals surface area contributed by atoms with Crippen LogP contribution < -0.4 is 9.47 Å². The minimum atomic E-state index is -0.307. The molecule has 2 aromatic carbocycles. The fraction of sp³-hybridized carbons (Fsp3) is 0.393. The Kier molecular flexibility index (Phi) is 10.2. The molecule has 3 rings (SSSR count). The lowest BCUT2D eigenvalue weighted by atomic mass is 9.87. The van der Waals surface area contributed by atoms with Crippen molar-refractivity contribution < 1.29 is 23.8 Å². The second kappa shape index (κ2) is 12.9. The highest BCUT2D eigenvalue weighted by molar-refractivity contribution is 9.10. The van der Waals surface area contributed by atoms with Gasteiger partial charge in [0.25, 0.3) is 5.91 Å². The summed E-state index contributed by atoms with van der Waals surface area (Å²) in [6.45, 7) is 9.71. The molecule has 6 nitrogen and oxygen atoms in total. The summed E-state index contributed by atoms with van der Waals surface area (Å²) in [5.74, 6) is 0.712. The van der Waals surface area contributed by atoms with Gasteiger partial charge in [0, 0.05) is 13.0 Å². The van der Waals surface area contributed by atoms with Crippen LogP contribution in [0.15, 0.2) is 45.8 Å². The largest absolute Gasteiger partial charge is 0.490 e. The van der Waals surface area contributed by atoms with Gasteiger partial charge in [-0.2, -0.15) is 0 Å². The lowest BCUT2D eigenvalue weighted by Gasteiger charge is -2.19. The van der Waals surface area contributed by atoms with Crippen LogP contribution in [0.5, 0.6) is 11.5 Å². The number of halogens is 1. The summed E-state index contributed by atoms with van der Waals surface area (Å²) in [5, 5.41) is 0. The van der Waals surface area contributed by atoms with Gasteiger partial charge in [0.15, 0.2) is 11.5 Å². The number of esters is 1. The Morgan fingerprint density at radius 3 is 2.49 bits per heavy atom. The molecule has 2 aromatic rings. The first kappa shape index (κ1) is 29.2. The van der Waals surface area contributed by atoms with E-state index in [4.69, 9.17) is 21.7 Å². The Bertz CT molecular complexity index is 1190. The molecule has 0 spiro atoms. The topological polar surface area (TPSA) is 65.1 Å². The maximum Gasteiger partial charge on any atom is 0.305 e. The number of methoxy groups -OCH3 is 1. The standard InChI is InChI=1S/C28H32BrNO5S2/c1-6-34-22-15-19(16-23-26(32)30(27(36)37-23)13-7-8-24(31)33-5)14-21(29)25(22)35-17-18-9-11-20(12-10-18)28(2,3)4/h9-12,14-16H,6-8,13,17H2,1-5H3/b23-16+. The minimum Gasteiger partial charge on any atom is -0.490 e. The number of ether oxygens (including phenoxy) is 3.